The molecule has 0 aliphatic heterocycles. The maximum absolute atomic E-state index is 11.9. The van der Waals surface area contributed by atoms with Gasteiger partial charge in [0.15, 0.2) is 9.84 Å². The van der Waals surface area contributed by atoms with Gasteiger partial charge in [-0.2, -0.15) is 0 Å². The van der Waals surface area contributed by atoms with Crippen molar-refractivity contribution in [2.24, 2.45) is 0 Å². The fourth-order valence-corrected chi connectivity index (χ4v) is 2.82. The van der Waals surface area contributed by atoms with Crippen LogP contribution >= 0.6 is 11.6 Å². The third-order valence-corrected chi connectivity index (χ3v) is 4.84. The van der Waals surface area contributed by atoms with Gasteiger partial charge in [-0.25, -0.2) is 8.42 Å². The lowest BCUT2D eigenvalue weighted by atomic mass is 10.4. The summed E-state index contributed by atoms with van der Waals surface area (Å²) in [7, 11) is -3.78. The van der Waals surface area contributed by atoms with Crippen LogP contribution in [0.5, 0.6) is 0 Å². The maximum atomic E-state index is 11.9. The fourth-order valence-electron chi connectivity index (χ4n) is 1.05. The molecule has 88 valence electrons. The molecule has 1 heterocycles. The van der Waals surface area contributed by atoms with Crippen LogP contribution in [0, 0.1) is 10.1 Å². The summed E-state index contributed by atoms with van der Waals surface area (Å²) in [6.07, 6.45) is 2.11. The van der Waals surface area contributed by atoms with E-state index in [1.54, 1.807) is 0 Å². The molecule has 0 aliphatic carbocycles. The minimum atomic E-state index is -3.78. The Balaban J connectivity index is 3.39. The van der Waals surface area contributed by atoms with Crippen LogP contribution in [0.3, 0.4) is 0 Å². The van der Waals surface area contributed by atoms with Crippen LogP contribution in [0.1, 0.15) is 6.92 Å². The second-order valence-corrected chi connectivity index (χ2v) is 5.75. The number of pyridine rings is 1. The van der Waals surface area contributed by atoms with Gasteiger partial charge in [0.2, 0.25) is 0 Å². The molecule has 0 saturated carbocycles. The van der Waals surface area contributed by atoms with E-state index in [0.717, 1.165) is 12.3 Å². The molecule has 0 N–H and O–H groups in total. The summed E-state index contributed by atoms with van der Waals surface area (Å²) < 4.78 is 23.7. The van der Waals surface area contributed by atoms with Gasteiger partial charge in [-0.15, -0.1) is 11.6 Å². The predicted octanol–water partition coefficient (Wildman–Crippen LogP) is 1.39. The summed E-state index contributed by atoms with van der Waals surface area (Å²) in [5.74, 6) is -0.123. The van der Waals surface area contributed by atoms with Gasteiger partial charge in [-0.05, 0) is 13.0 Å². The topological polar surface area (TPSA) is 90.2 Å². The van der Waals surface area contributed by atoms with Gasteiger partial charge >= 0.3 is 5.69 Å². The first-order chi connectivity index (χ1) is 7.41. The van der Waals surface area contributed by atoms with E-state index in [2.05, 4.69) is 4.98 Å². The van der Waals surface area contributed by atoms with Gasteiger partial charge in [-0.3, -0.25) is 15.1 Å². The largest absolute Gasteiger partial charge is 0.306 e. The molecule has 16 heavy (non-hydrogen) atoms. The zero-order valence-corrected chi connectivity index (χ0v) is 9.90. The monoisotopic (exact) mass is 264 g/mol. The van der Waals surface area contributed by atoms with Gasteiger partial charge in [0.25, 0.3) is 0 Å². The first-order valence-electron chi connectivity index (χ1n) is 4.29. The van der Waals surface area contributed by atoms with Crippen LogP contribution in [-0.2, 0) is 9.84 Å². The average Bonchev–Trinajstić information content (AvgIpc) is 2.27. The van der Waals surface area contributed by atoms with Crippen molar-refractivity contribution >= 4 is 27.1 Å². The van der Waals surface area contributed by atoms with Crippen molar-refractivity contribution < 1.29 is 13.3 Å². The Bertz CT molecular complexity index is 503. The van der Waals surface area contributed by atoms with Crippen LogP contribution in [0.4, 0.5) is 5.69 Å². The lowest BCUT2D eigenvalue weighted by Gasteiger charge is -2.09. The quantitative estimate of drug-likeness (QED) is 0.466. The number of alkyl halides is 1. The molecular formula is C8H9ClN2O4S. The summed E-state index contributed by atoms with van der Waals surface area (Å²) in [6, 6.07) is 1.11. The predicted molar refractivity (Wildman–Crippen MR) is 58.3 cm³/mol. The molecule has 0 amide bonds. The van der Waals surface area contributed by atoms with Gasteiger partial charge < -0.3 is 0 Å². The Morgan fingerprint density at radius 2 is 2.25 bits per heavy atom. The Hall–Kier alpha value is -1.21. The van der Waals surface area contributed by atoms with Gasteiger partial charge in [0.05, 0.1) is 10.2 Å². The van der Waals surface area contributed by atoms with E-state index in [0.29, 0.717) is 0 Å². The molecule has 1 aromatic heterocycles. The first kappa shape index (κ1) is 12.9. The highest BCUT2D eigenvalue weighted by molar-refractivity contribution is 7.92. The van der Waals surface area contributed by atoms with Gasteiger partial charge in [0.1, 0.15) is 11.1 Å². The van der Waals surface area contributed by atoms with Crippen LogP contribution in [0.2, 0.25) is 0 Å². The van der Waals surface area contributed by atoms with E-state index in [-0.39, 0.29) is 10.8 Å². The average molecular weight is 265 g/mol. The van der Waals surface area contributed by atoms with Gasteiger partial charge in [0, 0.05) is 12.1 Å². The number of halogens is 1. The second-order valence-electron chi connectivity index (χ2n) is 3.11. The molecule has 1 unspecified atom stereocenters. The number of sulfone groups is 1. The molecule has 0 radical (unpaired) electrons. The van der Waals surface area contributed by atoms with E-state index in [4.69, 9.17) is 11.6 Å². The summed E-state index contributed by atoms with van der Waals surface area (Å²) in [5, 5.41) is 9.77. The Kier molecular flexibility index (Phi) is 3.82. The highest BCUT2D eigenvalue weighted by atomic mass is 35.5. The third-order valence-electron chi connectivity index (χ3n) is 2.01. The summed E-state index contributed by atoms with van der Waals surface area (Å²) in [6.45, 7) is 1.40. The van der Waals surface area contributed by atoms with Crippen LogP contribution in [0.25, 0.3) is 0 Å². The summed E-state index contributed by atoms with van der Waals surface area (Å²) in [4.78, 5) is 13.1. The van der Waals surface area contributed by atoms with Crippen LogP contribution in [-0.4, -0.2) is 29.5 Å². The molecule has 1 rings (SSSR count). The van der Waals surface area contributed by atoms with Crippen molar-refractivity contribution in [1.82, 2.24) is 4.98 Å². The molecule has 0 aliphatic rings. The number of rotatable bonds is 4. The molecule has 8 heteroatoms. The molecule has 0 fully saturated rings. The number of nitrogens with zero attached hydrogens (tertiary/aromatic N) is 2. The Labute approximate surface area is 97.3 Å². The number of hydrogen-bond acceptors (Lipinski definition) is 5. The minimum Gasteiger partial charge on any atom is -0.258 e. The Morgan fingerprint density at radius 3 is 2.75 bits per heavy atom. The smallest absolute Gasteiger partial charge is 0.258 e. The van der Waals surface area contributed by atoms with E-state index in [9.17, 15) is 18.5 Å². The van der Waals surface area contributed by atoms with Crippen molar-refractivity contribution in [2.75, 3.05) is 5.88 Å². The first-order valence-corrected chi connectivity index (χ1v) is 6.37. The molecule has 0 aromatic carbocycles. The zero-order valence-electron chi connectivity index (χ0n) is 8.33. The van der Waals surface area contributed by atoms with Gasteiger partial charge in [-0.1, -0.05) is 0 Å². The molecule has 0 saturated heterocycles. The van der Waals surface area contributed by atoms with E-state index < -0.39 is 25.7 Å². The summed E-state index contributed by atoms with van der Waals surface area (Å²) >= 11 is 5.45. The van der Waals surface area contributed by atoms with Crippen LogP contribution in [0.15, 0.2) is 23.4 Å². The minimum absolute atomic E-state index is 0.123. The van der Waals surface area contributed by atoms with E-state index in [1.165, 1.54) is 13.1 Å². The lowest BCUT2D eigenvalue weighted by molar-refractivity contribution is -0.388. The van der Waals surface area contributed by atoms with Crippen molar-refractivity contribution in [3.8, 4) is 0 Å². The van der Waals surface area contributed by atoms with Crippen molar-refractivity contribution in [3.63, 3.8) is 0 Å². The molecule has 6 nitrogen and oxygen atoms in total. The summed E-state index contributed by atoms with van der Waals surface area (Å²) in [5.41, 5.74) is -0.528. The lowest BCUT2D eigenvalue weighted by Crippen LogP contribution is -2.20. The normalized spacial score (nSPS) is 13.4. The molecule has 0 spiro atoms. The number of hydrogen-bond donors (Lipinski definition) is 0. The van der Waals surface area contributed by atoms with Crippen molar-refractivity contribution in [3.05, 3.63) is 28.6 Å². The maximum Gasteiger partial charge on any atom is 0.306 e. The van der Waals surface area contributed by atoms with E-state index in [1.807, 2.05) is 0 Å². The molecular weight excluding hydrogens is 256 g/mol. The highest BCUT2D eigenvalue weighted by Crippen LogP contribution is 2.25. The third kappa shape index (κ3) is 2.30. The fraction of sp³-hybridized carbons (Fsp3) is 0.375. The van der Waals surface area contributed by atoms with Crippen molar-refractivity contribution in [1.29, 1.82) is 0 Å². The highest BCUT2D eigenvalue weighted by Gasteiger charge is 2.30. The Morgan fingerprint density at radius 1 is 1.62 bits per heavy atom. The van der Waals surface area contributed by atoms with Crippen molar-refractivity contribution in [2.45, 2.75) is 17.1 Å². The molecule has 0 bridgehead atoms. The standard InChI is InChI=1S/C8H9ClN2O4S/c1-6(4-9)16(14,15)8-2-3-10-5-7(8)11(12)13/h2-3,5-6H,4H2,1H3. The SMILES string of the molecule is CC(CCl)S(=O)(=O)c1ccncc1[N+](=O)[O-]. The molecule has 1 aromatic rings. The number of aromatic nitrogens is 1. The molecule has 1 atom stereocenters. The zero-order chi connectivity index (χ0) is 12.3. The second kappa shape index (κ2) is 4.75. The van der Waals surface area contributed by atoms with E-state index >= 15 is 0 Å². The van der Waals surface area contributed by atoms with Crippen LogP contribution < -0.4 is 0 Å². The number of nitro groups is 1.